The Balaban J connectivity index is 0.865. The van der Waals surface area contributed by atoms with Crippen molar-refractivity contribution in [2.24, 2.45) is 13.0 Å². The lowest BCUT2D eigenvalue weighted by Gasteiger charge is -2.43. The van der Waals surface area contributed by atoms with Crippen LogP contribution in [0.1, 0.15) is 78.3 Å². The molecule has 8 rings (SSSR count). The molecule has 13 nitrogen and oxygen atoms in total. The minimum atomic E-state index is -4.66. The van der Waals surface area contributed by atoms with E-state index in [1.807, 2.05) is 23.0 Å². The van der Waals surface area contributed by atoms with E-state index in [4.69, 9.17) is 5.10 Å². The summed E-state index contributed by atoms with van der Waals surface area (Å²) < 4.78 is 44.4. The zero-order chi connectivity index (χ0) is 36.3. The molecular weight excluding hydrogens is 679 g/mol. The summed E-state index contributed by atoms with van der Waals surface area (Å²) in [4.78, 5) is 47.9. The summed E-state index contributed by atoms with van der Waals surface area (Å²) >= 11 is 0. The predicted octanol–water partition coefficient (Wildman–Crippen LogP) is 4.35. The van der Waals surface area contributed by atoms with Gasteiger partial charge in [0.2, 0.25) is 5.91 Å². The van der Waals surface area contributed by atoms with Crippen LogP contribution in [0.2, 0.25) is 0 Å². The standard InChI is InChI=1S/C36H38F3N9O4/c1-45-32-24(4-2-6-27(32)48(35(45)52)28-12-13-31(49)43-34(28)51)22-17-46(18-22)16-20-8-10-23(11-9-20)47-19-21-14-30(40-15-26(21)44-47)42-33(50)25-5-3-7-29(41-25)36(37,38)39/h2-7,14-15,19-20,22-23,28,34,51H,8-13,16-18H2,1H3,(H,42,50)(H,43,49)/t20-,23-,28?,34?. The van der Waals surface area contributed by atoms with Crippen molar-refractivity contribution in [2.75, 3.05) is 25.0 Å². The van der Waals surface area contributed by atoms with Gasteiger partial charge in [-0.25, -0.2) is 14.8 Å². The molecule has 0 radical (unpaired) electrons. The number of aryl methyl sites for hydroxylation is 1. The van der Waals surface area contributed by atoms with Crippen molar-refractivity contribution in [2.45, 2.75) is 68.9 Å². The zero-order valence-electron chi connectivity index (χ0n) is 28.4. The van der Waals surface area contributed by atoms with Crippen LogP contribution in [0.3, 0.4) is 0 Å². The van der Waals surface area contributed by atoms with Gasteiger partial charge in [0.1, 0.15) is 29.0 Å². The van der Waals surface area contributed by atoms with Gasteiger partial charge in [-0.2, -0.15) is 18.3 Å². The molecular formula is C36H38F3N9O4. The third kappa shape index (κ3) is 6.34. The SMILES string of the molecule is Cn1c(=O)n(C2CCC(=O)NC2O)c2cccc(C3CN(C[C@H]4CC[C@H](n5cc6cc(NC(=O)c7cccc(C(F)(F)F)n7)ncc6n5)CC4)C3)c21. The number of nitrogens with zero attached hydrogens (tertiary/aromatic N) is 7. The number of hydrogen-bond acceptors (Lipinski definition) is 8. The second-order valence-corrected chi connectivity index (χ2v) is 14.2. The summed E-state index contributed by atoms with van der Waals surface area (Å²) in [5, 5.41) is 21.2. The van der Waals surface area contributed by atoms with Gasteiger partial charge in [-0.05, 0) is 67.9 Å². The molecule has 0 spiro atoms. The van der Waals surface area contributed by atoms with Crippen LogP contribution in [-0.2, 0) is 18.0 Å². The molecule has 2 amide bonds. The summed E-state index contributed by atoms with van der Waals surface area (Å²) in [6.07, 6.45) is 2.41. The molecule has 2 unspecified atom stereocenters. The quantitative estimate of drug-likeness (QED) is 0.225. The second kappa shape index (κ2) is 13.2. The number of benzene rings is 1. The maximum absolute atomic E-state index is 13.4. The summed E-state index contributed by atoms with van der Waals surface area (Å²) in [5.74, 6) is 0.0410. The van der Waals surface area contributed by atoms with Gasteiger partial charge < -0.3 is 20.6 Å². The first-order chi connectivity index (χ1) is 24.9. The number of para-hydroxylation sites is 1. The van der Waals surface area contributed by atoms with E-state index in [1.165, 1.54) is 6.07 Å². The number of amides is 2. The number of nitrogens with one attached hydrogen (secondary N) is 2. The lowest BCUT2D eigenvalue weighted by Crippen LogP contribution is -2.47. The molecule has 3 fully saturated rings. The molecule has 3 aliphatic rings. The largest absolute Gasteiger partial charge is 0.433 e. The Morgan fingerprint density at radius 1 is 1.06 bits per heavy atom. The number of imidazole rings is 1. The fourth-order valence-corrected chi connectivity index (χ4v) is 8.13. The number of likely N-dealkylation sites (tertiary alicyclic amines) is 1. The third-order valence-corrected chi connectivity index (χ3v) is 10.8. The number of anilines is 1. The number of alkyl halides is 3. The number of carbonyl (C=O) groups is 2. The van der Waals surface area contributed by atoms with Crippen LogP contribution in [0, 0.1) is 5.92 Å². The number of rotatable bonds is 7. The number of aliphatic hydroxyl groups excluding tert-OH is 1. The minimum Gasteiger partial charge on any atom is -0.372 e. The molecule has 0 bridgehead atoms. The zero-order valence-corrected chi connectivity index (χ0v) is 28.4. The highest BCUT2D eigenvalue weighted by molar-refractivity contribution is 6.03. The average molecular weight is 718 g/mol. The predicted molar refractivity (Wildman–Crippen MR) is 184 cm³/mol. The van der Waals surface area contributed by atoms with E-state index >= 15 is 0 Å². The van der Waals surface area contributed by atoms with Crippen LogP contribution in [0.5, 0.6) is 0 Å². The van der Waals surface area contributed by atoms with Crippen LogP contribution in [0.4, 0.5) is 19.0 Å². The molecule has 6 heterocycles. The van der Waals surface area contributed by atoms with Gasteiger partial charge in [0.15, 0.2) is 0 Å². The topological polar surface area (TPSA) is 152 Å². The Labute approximate surface area is 295 Å². The smallest absolute Gasteiger partial charge is 0.372 e. The summed E-state index contributed by atoms with van der Waals surface area (Å²) in [6.45, 7) is 2.81. The molecule has 5 aromatic rings. The van der Waals surface area contributed by atoms with Crippen LogP contribution < -0.4 is 16.3 Å². The highest BCUT2D eigenvalue weighted by Gasteiger charge is 2.36. The first-order valence-electron chi connectivity index (χ1n) is 17.5. The average Bonchev–Trinajstić information content (AvgIpc) is 3.64. The van der Waals surface area contributed by atoms with Crippen molar-refractivity contribution >= 4 is 39.6 Å². The van der Waals surface area contributed by atoms with E-state index in [0.29, 0.717) is 23.8 Å². The van der Waals surface area contributed by atoms with Crippen molar-refractivity contribution in [3.05, 3.63) is 82.3 Å². The Morgan fingerprint density at radius 3 is 2.58 bits per heavy atom. The van der Waals surface area contributed by atoms with E-state index < -0.39 is 30.0 Å². The molecule has 2 aliphatic heterocycles. The third-order valence-electron chi connectivity index (χ3n) is 10.8. The van der Waals surface area contributed by atoms with Crippen molar-refractivity contribution in [1.29, 1.82) is 0 Å². The first-order valence-corrected chi connectivity index (χ1v) is 17.5. The molecule has 2 saturated heterocycles. The van der Waals surface area contributed by atoms with Gasteiger partial charge in [0.05, 0.1) is 29.3 Å². The number of aromatic nitrogens is 6. The molecule has 4 aromatic heterocycles. The molecule has 2 atom stereocenters. The van der Waals surface area contributed by atoms with Gasteiger partial charge in [0.25, 0.3) is 5.91 Å². The van der Waals surface area contributed by atoms with Crippen molar-refractivity contribution in [1.82, 2.24) is 39.1 Å². The molecule has 1 aromatic carbocycles. The number of pyridine rings is 2. The van der Waals surface area contributed by atoms with Crippen LogP contribution in [0.15, 0.2) is 59.7 Å². The Bertz CT molecular complexity index is 2230. The lowest BCUT2D eigenvalue weighted by molar-refractivity contribution is -0.141. The Kier molecular flexibility index (Phi) is 8.60. The number of carbonyl (C=O) groups excluding carboxylic acids is 2. The van der Waals surface area contributed by atoms with E-state index in [0.717, 1.165) is 79.4 Å². The number of halogens is 3. The normalized spacial score (nSPS) is 23.1. The van der Waals surface area contributed by atoms with Crippen molar-refractivity contribution in [3.63, 3.8) is 0 Å². The number of piperidine rings is 1. The van der Waals surface area contributed by atoms with Crippen molar-refractivity contribution < 1.29 is 27.9 Å². The Hall–Kier alpha value is -5.09. The Morgan fingerprint density at radius 2 is 1.83 bits per heavy atom. The van der Waals surface area contributed by atoms with Crippen LogP contribution in [0.25, 0.3) is 21.9 Å². The number of aliphatic hydroxyl groups is 1. The molecule has 16 heteroatoms. The fraction of sp³-hybridized carbons (Fsp3) is 0.444. The second-order valence-electron chi connectivity index (χ2n) is 14.2. The maximum Gasteiger partial charge on any atom is 0.433 e. The first kappa shape index (κ1) is 34.0. The van der Waals surface area contributed by atoms with Gasteiger partial charge in [-0.3, -0.25) is 23.4 Å². The van der Waals surface area contributed by atoms with Gasteiger partial charge in [0, 0.05) is 50.6 Å². The van der Waals surface area contributed by atoms with Gasteiger partial charge in [-0.1, -0.05) is 18.2 Å². The molecule has 3 N–H and O–H groups in total. The minimum absolute atomic E-state index is 0.196. The van der Waals surface area contributed by atoms with E-state index in [2.05, 4.69) is 31.6 Å². The van der Waals surface area contributed by atoms with E-state index in [-0.39, 0.29) is 35.6 Å². The maximum atomic E-state index is 13.4. The summed E-state index contributed by atoms with van der Waals surface area (Å²) in [5.41, 5.74) is 1.75. The molecule has 52 heavy (non-hydrogen) atoms. The number of hydrogen-bond donors (Lipinski definition) is 3. The molecule has 272 valence electrons. The monoisotopic (exact) mass is 717 g/mol. The van der Waals surface area contributed by atoms with Crippen LogP contribution in [-0.4, -0.2) is 76.6 Å². The lowest BCUT2D eigenvalue weighted by atomic mass is 9.83. The summed E-state index contributed by atoms with van der Waals surface area (Å²) in [6, 6.07) is 10.5. The summed E-state index contributed by atoms with van der Waals surface area (Å²) in [7, 11) is 1.77. The van der Waals surface area contributed by atoms with E-state index in [9.17, 15) is 32.7 Å². The highest BCUT2D eigenvalue weighted by atomic mass is 19.4. The highest BCUT2D eigenvalue weighted by Crippen LogP contribution is 2.38. The fourth-order valence-electron chi connectivity index (χ4n) is 8.13. The van der Waals surface area contributed by atoms with Crippen LogP contribution >= 0.6 is 0 Å². The number of fused-ring (bicyclic) bond motifs is 2. The molecule has 1 aliphatic carbocycles. The van der Waals surface area contributed by atoms with E-state index in [1.54, 1.807) is 28.4 Å². The van der Waals surface area contributed by atoms with Crippen molar-refractivity contribution in [3.8, 4) is 0 Å². The van der Waals surface area contributed by atoms with Gasteiger partial charge >= 0.3 is 11.9 Å². The van der Waals surface area contributed by atoms with Gasteiger partial charge in [-0.15, -0.1) is 0 Å². The molecule has 1 saturated carbocycles.